The summed E-state index contributed by atoms with van der Waals surface area (Å²) < 4.78 is 35.0. The van der Waals surface area contributed by atoms with Crippen LogP contribution in [0.3, 0.4) is 0 Å². The Morgan fingerprint density at radius 3 is 2.59 bits per heavy atom. The lowest BCUT2D eigenvalue weighted by molar-refractivity contribution is -0.161. The summed E-state index contributed by atoms with van der Waals surface area (Å²) in [5.74, 6) is -0.710. The average molecular weight is 635 g/mol. The van der Waals surface area contributed by atoms with Crippen LogP contribution >= 0.6 is 11.6 Å². The number of nitrogens with zero attached hydrogens (tertiary/aromatic N) is 1. The van der Waals surface area contributed by atoms with E-state index in [9.17, 15) is 14.4 Å². The van der Waals surface area contributed by atoms with E-state index < -0.39 is 47.8 Å². The second-order valence-electron chi connectivity index (χ2n) is 11.8. The normalized spacial score (nSPS) is 34.5. The van der Waals surface area contributed by atoms with Crippen LogP contribution in [0, 0.1) is 5.92 Å². The lowest BCUT2D eigenvalue weighted by Gasteiger charge is -2.44. The summed E-state index contributed by atoms with van der Waals surface area (Å²) in [6.07, 6.45) is 3.05. The van der Waals surface area contributed by atoms with E-state index in [2.05, 4.69) is 5.32 Å². The van der Waals surface area contributed by atoms with Crippen molar-refractivity contribution in [3.63, 3.8) is 0 Å². The molecule has 0 unspecified atom stereocenters. The number of hydrogen-bond donors (Lipinski definition) is 1. The summed E-state index contributed by atoms with van der Waals surface area (Å²) >= 11 is 6.69. The quantitative estimate of drug-likeness (QED) is 0.361. The molecule has 1 N–H and O–H groups in total. The Bertz CT molecular complexity index is 1330. The minimum Gasteiger partial charge on any atom is -0.495 e. The van der Waals surface area contributed by atoms with Gasteiger partial charge in [0.2, 0.25) is 5.91 Å². The van der Waals surface area contributed by atoms with Gasteiger partial charge >= 0.3 is 12.1 Å². The standard InChI is InChI=1S/C32H43ClN2O9/c1-9-27(37)43-25-16-26(36)35(5)21-14-20(15-22(39-6)28(21)33)13-18(2)11-10-12-24(40-7)32(41-8)17-23(42-30(38)34-32)19(3)29-31(25,4)44-29/h10-12,14-15,19,23-25,29H,9,13,16-17H2,1-8H3,(H,34,38)/b12-10+,18-11+/t19-,23+,24-,25+,29+,31+,32+/m1/s1. The first-order chi connectivity index (χ1) is 20.8. The molecule has 3 heterocycles. The Balaban J connectivity index is 1.81. The first-order valence-electron chi connectivity index (χ1n) is 14.7. The number of rotatable bonds is 5. The lowest BCUT2D eigenvalue weighted by atomic mass is 9.83. The highest BCUT2D eigenvalue weighted by atomic mass is 35.5. The number of allylic oxidation sites excluding steroid dienone is 3. The van der Waals surface area contributed by atoms with Crippen molar-refractivity contribution in [2.45, 2.75) is 89.1 Å². The molecule has 4 rings (SSSR count). The van der Waals surface area contributed by atoms with Crippen molar-refractivity contribution in [3.8, 4) is 5.75 Å². The number of carbonyl (C=O) groups is 3. The SMILES string of the molecule is CCC(=O)O[C@H]1CC(=O)N(C)c2cc(cc(OC)c2Cl)C/C(C)=C/C=C/[C@@H](OC)[C@@]2(OC)C[C@H](OC(=O)N2)[C@@H](C)[C@@H]2O[C@@]12C. The molecule has 3 aliphatic rings. The second kappa shape index (κ2) is 13.5. The summed E-state index contributed by atoms with van der Waals surface area (Å²) in [5, 5.41) is 3.11. The number of methoxy groups -OCH3 is 3. The van der Waals surface area contributed by atoms with Gasteiger partial charge in [0.25, 0.3) is 0 Å². The summed E-state index contributed by atoms with van der Waals surface area (Å²) in [7, 11) is 6.20. The van der Waals surface area contributed by atoms with E-state index >= 15 is 0 Å². The number of esters is 1. The van der Waals surface area contributed by atoms with Crippen LogP contribution in [0.4, 0.5) is 10.5 Å². The molecule has 3 aliphatic heterocycles. The fourth-order valence-electron chi connectivity index (χ4n) is 6.08. The zero-order valence-electron chi connectivity index (χ0n) is 26.6. The number of epoxide rings is 1. The minimum absolute atomic E-state index is 0.128. The molecule has 1 aromatic carbocycles. The third kappa shape index (κ3) is 6.75. The Morgan fingerprint density at radius 1 is 1.23 bits per heavy atom. The molecule has 242 valence electrons. The summed E-state index contributed by atoms with van der Waals surface area (Å²) in [4.78, 5) is 40.6. The molecule has 12 heteroatoms. The molecule has 2 amide bonds. The molecule has 4 bridgehead atoms. The Kier molecular flexibility index (Phi) is 10.3. The van der Waals surface area contributed by atoms with Crippen molar-refractivity contribution in [2.24, 2.45) is 5.92 Å². The molecule has 7 atom stereocenters. The number of amides is 2. The van der Waals surface area contributed by atoms with E-state index in [4.69, 9.17) is 40.0 Å². The van der Waals surface area contributed by atoms with Gasteiger partial charge < -0.3 is 33.3 Å². The molecule has 44 heavy (non-hydrogen) atoms. The van der Waals surface area contributed by atoms with Crippen molar-refractivity contribution < 1.29 is 42.8 Å². The van der Waals surface area contributed by atoms with E-state index in [1.807, 2.05) is 44.2 Å². The Labute approximate surface area is 263 Å². The van der Waals surface area contributed by atoms with E-state index in [0.717, 1.165) is 11.1 Å². The van der Waals surface area contributed by atoms with Crippen molar-refractivity contribution >= 4 is 35.3 Å². The van der Waals surface area contributed by atoms with Gasteiger partial charge in [0.05, 0.1) is 25.3 Å². The van der Waals surface area contributed by atoms with Crippen LogP contribution in [0.15, 0.2) is 35.9 Å². The van der Waals surface area contributed by atoms with E-state index in [1.165, 1.54) is 19.1 Å². The predicted octanol–water partition coefficient (Wildman–Crippen LogP) is 4.73. The molecular weight excluding hydrogens is 592 g/mol. The molecule has 2 fully saturated rings. The fourth-order valence-corrected chi connectivity index (χ4v) is 6.39. The largest absolute Gasteiger partial charge is 0.495 e. The third-order valence-corrected chi connectivity index (χ3v) is 9.23. The van der Waals surface area contributed by atoms with Crippen molar-refractivity contribution in [2.75, 3.05) is 33.3 Å². The number of nitrogens with one attached hydrogen (secondary N) is 1. The monoisotopic (exact) mass is 634 g/mol. The van der Waals surface area contributed by atoms with Crippen molar-refractivity contribution in [3.05, 3.63) is 46.5 Å². The van der Waals surface area contributed by atoms with Gasteiger partial charge in [-0.25, -0.2) is 4.79 Å². The van der Waals surface area contributed by atoms with Crippen LogP contribution in [0.2, 0.25) is 5.02 Å². The molecule has 0 aromatic heterocycles. The maximum Gasteiger partial charge on any atom is 0.409 e. The number of halogens is 1. The van der Waals surface area contributed by atoms with Crippen LogP contribution in [0.25, 0.3) is 0 Å². The van der Waals surface area contributed by atoms with Crippen LogP contribution in [-0.4, -0.2) is 82.1 Å². The van der Waals surface area contributed by atoms with Gasteiger partial charge in [0.15, 0.2) is 5.72 Å². The molecule has 0 aliphatic carbocycles. The molecule has 0 spiro atoms. The van der Waals surface area contributed by atoms with Crippen LogP contribution in [0.5, 0.6) is 5.75 Å². The maximum absolute atomic E-state index is 13.8. The zero-order chi connectivity index (χ0) is 32.4. The predicted molar refractivity (Wildman–Crippen MR) is 164 cm³/mol. The molecule has 0 saturated carbocycles. The number of anilines is 1. The van der Waals surface area contributed by atoms with Gasteiger partial charge in [-0.2, -0.15) is 0 Å². The van der Waals surface area contributed by atoms with Gasteiger partial charge in [-0.15, -0.1) is 0 Å². The lowest BCUT2D eigenvalue weighted by Crippen LogP contribution is -2.64. The number of benzene rings is 1. The van der Waals surface area contributed by atoms with Crippen molar-refractivity contribution in [1.29, 1.82) is 0 Å². The first kappa shape index (κ1) is 33.8. The van der Waals surface area contributed by atoms with E-state index in [0.29, 0.717) is 17.9 Å². The maximum atomic E-state index is 13.8. The Morgan fingerprint density at radius 2 is 1.95 bits per heavy atom. The van der Waals surface area contributed by atoms with E-state index in [-0.39, 0.29) is 36.1 Å². The van der Waals surface area contributed by atoms with Crippen LogP contribution < -0.4 is 15.0 Å². The highest BCUT2D eigenvalue weighted by Gasteiger charge is 2.64. The molecule has 0 radical (unpaired) electrons. The van der Waals surface area contributed by atoms with Crippen molar-refractivity contribution in [1.82, 2.24) is 5.32 Å². The smallest absolute Gasteiger partial charge is 0.409 e. The third-order valence-electron chi connectivity index (χ3n) is 8.85. The molecule has 11 nitrogen and oxygen atoms in total. The number of ether oxygens (including phenoxy) is 6. The first-order valence-corrected chi connectivity index (χ1v) is 15.1. The van der Waals surface area contributed by atoms with Gasteiger partial charge in [0.1, 0.15) is 34.7 Å². The van der Waals surface area contributed by atoms with Gasteiger partial charge in [-0.1, -0.05) is 49.2 Å². The second-order valence-corrected chi connectivity index (χ2v) is 12.2. The highest BCUT2D eigenvalue weighted by Crippen LogP contribution is 2.49. The highest BCUT2D eigenvalue weighted by molar-refractivity contribution is 6.35. The van der Waals surface area contributed by atoms with Gasteiger partial charge in [0, 0.05) is 40.0 Å². The van der Waals surface area contributed by atoms with E-state index in [1.54, 1.807) is 28.0 Å². The summed E-state index contributed by atoms with van der Waals surface area (Å²) in [6, 6.07) is 3.68. The van der Waals surface area contributed by atoms with Crippen LogP contribution in [0.1, 0.15) is 52.5 Å². The number of hydrogen-bond acceptors (Lipinski definition) is 9. The summed E-state index contributed by atoms with van der Waals surface area (Å²) in [6.45, 7) is 7.36. The molecule has 2 saturated heterocycles. The number of carbonyl (C=O) groups excluding carboxylic acids is 3. The minimum atomic E-state index is -1.22. The van der Waals surface area contributed by atoms with Crippen LogP contribution in [-0.2, 0) is 39.7 Å². The topological polar surface area (TPSA) is 125 Å². The summed E-state index contributed by atoms with van der Waals surface area (Å²) in [5.41, 5.74) is 0.108. The molecular formula is C32H43ClN2O9. The fraction of sp³-hybridized carbons (Fsp3) is 0.594. The van der Waals surface area contributed by atoms with Gasteiger partial charge in [-0.05, 0) is 38.0 Å². The number of fused-ring (bicyclic) bond motifs is 5. The average Bonchev–Trinajstić information content (AvgIpc) is 3.70. The van der Waals surface area contributed by atoms with Gasteiger partial charge in [-0.3, -0.25) is 14.9 Å². The zero-order valence-corrected chi connectivity index (χ0v) is 27.4. The number of alkyl carbamates (subject to hydrolysis) is 1. The Hall–Kier alpha value is -3.12. The molecule has 1 aromatic rings.